The highest BCUT2D eigenvalue weighted by Gasteiger charge is 2.14. The Hall–Kier alpha value is -0.590. The van der Waals surface area contributed by atoms with E-state index >= 15 is 0 Å². The molecule has 0 aromatic carbocycles. The number of hydrogen-bond donors (Lipinski definition) is 2. The number of rotatable bonds is 4. The second-order valence-electron chi connectivity index (χ2n) is 2.86. The number of hydrogen-bond acceptors (Lipinski definition) is 5. The highest BCUT2D eigenvalue weighted by molar-refractivity contribution is 8.01. The summed E-state index contributed by atoms with van der Waals surface area (Å²) < 4.78 is 0.695. The van der Waals surface area contributed by atoms with Crippen molar-refractivity contribution in [2.45, 2.75) is 24.3 Å². The Morgan fingerprint density at radius 1 is 1.71 bits per heavy atom. The maximum Gasteiger partial charge on any atom is 0.347 e. The molecule has 14 heavy (non-hydrogen) atoms. The summed E-state index contributed by atoms with van der Waals surface area (Å²) in [4.78, 5) is 15.1. The number of aromatic nitrogens is 1. The molecule has 2 N–H and O–H groups in total. The summed E-state index contributed by atoms with van der Waals surface area (Å²) in [6, 6.07) is 0. The Morgan fingerprint density at radius 3 is 2.79 bits per heavy atom. The van der Waals surface area contributed by atoms with Crippen molar-refractivity contribution in [1.82, 2.24) is 4.98 Å². The molecular weight excluding hydrogens is 222 g/mol. The van der Waals surface area contributed by atoms with Crippen LogP contribution in [0, 0.1) is 6.92 Å². The third-order valence-electron chi connectivity index (χ3n) is 1.42. The standard InChI is InChI=1S/C8H11NO3S2/c1-4(10)3-13-8-9-5(2)6(14-8)7(11)12/h4,10H,3H2,1-2H3,(H,11,12). The van der Waals surface area contributed by atoms with Crippen LogP contribution in [0.1, 0.15) is 22.3 Å². The Kier molecular flexibility index (Phi) is 3.91. The molecular formula is C8H11NO3S2. The summed E-state index contributed by atoms with van der Waals surface area (Å²) in [5, 5.41) is 17.8. The molecule has 0 saturated heterocycles. The molecule has 0 aliphatic rings. The van der Waals surface area contributed by atoms with Crippen LogP contribution in [0.3, 0.4) is 0 Å². The van der Waals surface area contributed by atoms with Crippen molar-refractivity contribution in [3.05, 3.63) is 10.6 Å². The van der Waals surface area contributed by atoms with Gasteiger partial charge in [-0.3, -0.25) is 0 Å². The van der Waals surface area contributed by atoms with Crippen LogP contribution in [0.5, 0.6) is 0 Å². The van der Waals surface area contributed by atoms with Gasteiger partial charge in [-0.25, -0.2) is 9.78 Å². The summed E-state index contributed by atoms with van der Waals surface area (Å²) in [6.07, 6.45) is -0.405. The molecule has 0 aliphatic carbocycles. The molecule has 0 aliphatic heterocycles. The van der Waals surface area contributed by atoms with Crippen LogP contribution in [-0.2, 0) is 0 Å². The summed E-state index contributed by atoms with van der Waals surface area (Å²) in [5.41, 5.74) is 0.538. The van der Waals surface area contributed by atoms with Gasteiger partial charge in [0, 0.05) is 5.75 Å². The summed E-state index contributed by atoms with van der Waals surface area (Å²) in [6.45, 7) is 3.36. The van der Waals surface area contributed by atoms with E-state index in [2.05, 4.69) is 4.98 Å². The summed E-state index contributed by atoms with van der Waals surface area (Å²) >= 11 is 2.53. The fraction of sp³-hybridized carbons (Fsp3) is 0.500. The van der Waals surface area contributed by atoms with Gasteiger partial charge in [0.25, 0.3) is 0 Å². The second kappa shape index (κ2) is 4.77. The Balaban J connectivity index is 2.71. The van der Waals surface area contributed by atoms with Gasteiger partial charge in [-0.2, -0.15) is 0 Å². The van der Waals surface area contributed by atoms with Crippen LogP contribution in [0.25, 0.3) is 0 Å². The number of thiazole rings is 1. The van der Waals surface area contributed by atoms with Crippen molar-refractivity contribution >= 4 is 29.1 Å². The van der Waals surface area contributed by atoms with E-state index in [4.69, 9.17) is 10.2 Å². The average molecular weight is 233 g/mol. The first-order valence-electron chi connectivity index (χ1n) is 4.02. The van der Waals surface area contributed by atoms with Gasteiger partial charge in [0.2, 0.25) is 0 Å². The quantitative estimate of drug-likeness (QED) is 0.773. The number of aromatic carboxylic acids is 1. The number of carboxylic acid groups (broad SMARTS) is 1. The zero-order valence-electron chi connectivity index (χ0n) is 7.85. The van der Waals surface area contributed by atoms with Gasteiger partial charge >= 0.3 is 5.97 Å². The Bertz CT molecular complexity index is 335. The first-order chi connectivity index (χ1) is 6.50. The minimum atomic E-state index is -0.941. The molecule has 6 heteroatoms. The lowest BCUT2D eigenvalue weighted by Gasteiger charge is -1.99. The largest absolute Gasteiger partial charge is 0.477 e. The third-order valence-corrected chi connectivity index (χ3v) is 3.95. The smallest absolute Gasteiger partial charge is 0.347 e. The van der Waals surface area contributed by atoms with Crippen molar-refractivity contribution in [3.8, 4) is 0 Å². The zero-order valence-corrected chi connectivity index (χ0v) is 9.48. The molecule has 1 aromatic rings. The van der Waals surface area contributed by atoms with Crippen LogP contribution >= 0.6 is 23.1 Å². The normalized spacial score (nSPS) is 12.8. The van der Waals surface area contributed by atoms with Crippen LogP contribution in [0.2, 0.25) is 0 Å². The number of aliphatic hydroxyl groups excluding tert-OH is 1. The van der Waals surface area contributed by atoms with Crippen molar-refractivity contribution in [2.24, 2.45) is 0 Å². The SMILES string of the molecule is Cc1nc(SCC(C)O)sc1C(=O)O. The van der Waals surface area contributed by atoms with Gasteiger partial charge < -0.3 is 10.2 Å². The number of carboxylic acids is 1. The molecule has 1 rings (SSSR count). The monoisotopic (exact) mass is 233 g/mol. The molecule has 0 fully saturated rings. The first kappa shape index (κ1) is 11.5. The van der Waals surface area contributed by atoms with Crippen molar-refractivity contribution in [3.63, 3.8) is 0 Å². The topological polar surface area (TPSA) is 70.4 Å². The van der Waals surface area contributed by atoms with E-state index in [1.165, 1.54) is 11.8 Å². The zero-order chi connectivity index (χ0) is 10.7. The second-order valence-corrected chi connectivity index (χ2v) is 5.13. The maximum atomic E-state index is 10.7. The van der Waals surface area contributed by atoms with E-state index in [0.29, 0.717) is 15.8 Å². The van der Waals surface area contributed by atoms with Gasteiger partial charge in [-0.1, -0.05) is 11.8 Å². The highest BCUT2D eigenvalue weighted by Crippen LogP contribution is 2.27. The van der Waals surface area contributed by atoms with Crippen LogP contribution < -0.4 is 0 Å². The van der Waals surface area contributed by atoms with Gasteiger partial charge in [0.1, 0.15) is 4.88 Å². The van der Waals surface area contributed by atoms with Crippen molar-refractivity contribution in [1.29, 1.82) is 0 Å². The van der Waals surface area contributed by atoms with Gasteiger partial charge in [-0.15, -0.1) is 11.3 Å². The Morgan fingerprint density at radius 2 is 2.36 bits per heavy atom. The van der Waals surface area contributed by atoms with E-state index < -0.39 is 12.1 Å². The molecule has 0 radical (unpaired) electrons. The first-order valence-corrected chi connectivity index (χ1v) is 5.82. The van der Waals surface area contributed by atoms with E-state index in [1.807, 2.05) is 0 Å². The summed E-state index contributed by atoms with van der Waals surface area (Å²) in [7, 11) is 0. The summed E-state index contributed by atoms with van der Waals surface area (Å²) in [5.74, 6) is -0.407. The third kappa shape index (κ3) is 2.97. The lowest BCUT2D eigenvalue weighted by Crippen LogP contribution is -2.01. The number of carbonyl (C=O) groups is 1. The Labute approximate surface area is 90.0 Å². The molecule has 0 saturated carbocycles. The average Bonchev–Trinajstić information content (AvgIpc) is 2.43. The van der Waals surface area contributed by atoms with E-state index in [1.54, 1.807) is 13.8 Å². The molecule has 0 spiro atoms. The number of aryl methyl sites for hydroxylation is 1. The minimum absolute atomic E-state index is 0.276. The lowest BCUT2D eigenvalue weighted by molar-refractivity contribution is 0.0701. The molecule has 78 valence electrons. The minimum Gasteiger partial charge on any atom is -0.477 e. The van der Waals surface area contributed by atoms with Gasteiger partial charge in [0.15, 0.2) is 4.34 Å². The molecule has 0 amide bonds. The van der Waals surface area contributed by atoms with Crippen molar-refractivity contribution < 1.29 is 15.0 Å². The highest BCUT2D eigenvalue weighted by atomic mass is 32.2. The molecule has 0 bridgehead atoms. The predicted molar refractivity (Wildman–Crippen MR) is 56.2 cm³/mol. The molecule has 1 heterocycles. The van der Waals surface area contributed by atoms with Crippen LogP contribution in [0.15, 0.2) is 4.34 Å². The predicted octanol–water partition coefficient (Wildman–Crippen LogP) is 1.62. The van der Waals surface area contributed by atoms with Crippen LogP contribution in [0.4, 0.5) is 0 Å². The van der Waals surface area contributed by atoms with Gasteiger partial charge in [0.05, 0.1) is 11.8 Å². The molecule has 4 nitrogen and oxygen atoms in total. The number of aliphatic hydroxyl groups is 1. The molecule has 1 aromatic heterocycles. The van der Waals surface area contributed by atoms with Crippen LogP contribution in [-0.4, -0.2) is 33.0 Å². The lowest BCUT2D eigenvalue weighted by atomic mass is 10.4. The van der Waals surface area contributed by atoms with Crippen molar-refractivity contribution in [2.75, 3.05) is 5.75 Å². The van der Waals surface area contributed by atoms with Gasteiger partial charge in [-0.05, 0) is 13.8 Å². The van der Waals surface area contributed by atoms with E-state index in [0.717, 1.165) is 11.3 Å². The maximum absolute atomic E-state index is 10.7. The number of nitrogens with zero attached hydrogens (tertiary/aromatic N) is 1. The fourth-order valence-electron chi connectivity index (χ4n) is 0.824. The van der Waals surface area contributed by atoms with E-state index in [-0.39, 0.29) is 4.88 Å². The molecule has 1 atom stereocenters. The fourth-order valence-corrected chi connectivity index (χ4v) is 2.74. The number of thioether (sulfide) groups is 1. The molecule has 1 unspecified atom stereocenters. The van der Waals surface area contributed by atoms with E-state index in [9.17, 15) is 4.79 Å².